The van der Waals surface area contributed by atoms with Crippen molar-refractivity contribution in [1.29, 1.82) is 0 Å². The van der Waals surface area contributed by atoms with Gasteiger partial charge in [-0.05, 0) is 23.8 Å². The van der Waals surface area contributed by atoms with Crippen LogP contribution in [-0.4, -0.2) is 15.0 Å². The third-order valence-corrected chi connectivity index (χ3v) is 3.11. The van der Waals surface area contributed by atoms with Gasteiger partial charge in [0.05, 0.1) is 17.2 Å². The second-order valence-corrected chi connectivity index (χ2v) is 4.49. The summed E-state index contributed by atoms with van der Waals surface area (Å²) in [5.74, 6) is 0.971. The van der Waals surface area contributed by atoms with E-state index in [2.05, 4.69) is 35.7 Å². The standard InChI is InChI=1S/C12H17N3O/c1-4-8(7(2)3)9-5-13-6-10-11(9)15-12(16)14-10/h5-8H,4H2,1-3H3,(H2,14,15,16). The van der Waals surface area contributed by atoms with E-state index in [-0.39, 0.29) is 5.69 Å². The summed E-state index contributed by atoms with van der Waals surface area (Å²) in [6, 6.07) is 0. The summed E-state index contributed by atoms with van der Waals surface area (Å²) in [6.07, 6.45) is 4.59. The van der Waals surface area contributed by atoms with E-state index in [4.69, 9.17) is 0 Å². The lowest BCUT2D eigenvalue weighted by atomic mass is 9.87. The Morgan fingerprint density at radius 1 is 1.31 bits per heavy atom. The first kappa shape index (κ1) is 10.9. The Bertz CT molecular complexity index is 538. The highest BCUT2D eigenvalue weighted by Gasteiger charge is 2.17. The zero-order valence-electron chi connectivity index (χ0n) is 9.87. The smallest absolute Gasteiger partial charge is 0.305 e. The van der Waals surface area contributed by atoms with Crippen LogP contribution in [0.15, 0.2) is 17.2 Å². The molecule has 2 rings (SSSR count). The van der Waals surface area contributed by atoms with Crippen molar-refractivity contribution in [2.75, 3.05) is 0 Å². The van der Waals surface area contributed by atoms with Gasteiger partial charge in [0, 0.05) is 6.20 Å². The Morgan fingerprint density at radius 3 is 2.69 bits per heavy atom. The fourth-order valence-corrected chi connectivity index (χ4v) is 2.31. The van der Waals surface area contributed by atoms with Crippen molar-refractivity contribution in [1.82, 2.24) is 15.0 Å². The Balaban J connectivity index is 2.62. The van der Waals surface area contributed by atoms with Crippen molar-refractivity contribution in [2.24, 2.45) is 5.92 Å². The molecule has 2 N–H and O–H groups in total. The van der Waals surface area contributed by atoms with Crippen molar-refractivity contribution in [3.63, 3.8) is 0 Å². The molecule has 0 spiro atoms. The van der Waals surface area contributed by atoms with Crippen LogP contribution in [0.2, 0.25) is 0 Å². The predicted octanol–water partition coefficient (Wildman–Crippen LogP) is 2.40. The Labute approximate surface area is 94.1 Å². The molecule has 0 amide bonds. The highest BCUT2D eigenvalue weighted by atomic mass is 16.1. The summed E-state index contributed by atoms with van der Waals surface area (Å²) in [4.78, 5) is 21.1. The van der Waals surface area contributed by atoms with Crippen LogP contribution in [0.1, 0.15) is 38.7 Å². The van der Waals surface area contributed by atoms with Gasteiger partial charge in [-0.15, -0.1) is 0 Å². The molecule has 16 heavy (non-hydrogen) atoms. The highest BCUT2D eigenvalue weighted by Crippen LogP contribution is 2.30. The van der Waals surface area contributed by atoms with Crippen LogP contribution in [0.25, 0.3) is 11.0 Å². The normalized spacial score (nSPS) is 13.5. The lowest BCUT2D eigenvalue weighted by Crippen LogP contribution is -2.07. The average Bonchev–Trinajstić information content (AvgIpc) is 2.59. The average molecular weight is 219 g/mol. The number of aromatic amines is 2. The maximum atomic E-state index is 11.3. The maximum absolute atomic E-state index is 11.3. The number of nitrogens with one attached hydrogen (secondary N) is 2. The van der Waals surface area contributed by atoms with Gasteiger partial charge in [0.1, 0.15) is 0 Å². The number of pyridine rings is 1. The van der Waals surface area contributed by atoms with Gasteiger partial charge in [0.2, 0.25) is 0 Å². The molecule has 0 bridgehead atoms. The first-order chi connectivity index (χ1) is 7.63. The van der Waals surface area contributed by atoms with Crippen LogP contribution in [0.3, 0.4) is 0 Å². The summed E-state index contributed by atoms with van der Waals surface area (Å²) in [5.41, 5.74) is 2.67. The zero-order valence-corrected chi connectivity index (χ0v) is 9.87. The van der Waals surface area contributed by atoms with Crippen LogP contribution in [0, 0.1) is 5.92 Å². The molecule has 0 saturated heterocycles. The van der Waals surface area contributed by atoms with Crippen molar-refractivity contribution in [3.8, 4) is 0 Å². The number of nitrogens with zero attached hydrogens (tertiary/aromatic N) is 1. The van der Waals surface area contributed by atoms with Crippen LogP contribution in [-0.2, 0) is 0 Å². The van der Waals surface area contributed by atoms with Crippen molar-refractivity contribution in [2.45, 2.75) is 33.1 Å². The molecule has 0 saturated carbocycles. The summed E-state index contributed by atoms with van der Waals surface area (Å²) in [5, 5.41) is 0. The van der Waals surface area contributed by atoms with Crippen LogP contribution in [0.5, 0.6) is 0 Å². The van der Waals surface area contributed by atoms with E-state index in [1.54, 1.807) is 6.20 Å². The quantitative estimate of drug-likeness (QED) is 0.832. The molecule has 2 aromatic heterocycles. The third kappa shape index (κ3) is 1.75. The van der Waals surface area contributed by atoms with E-state index in [0.29, 0.717) is 11.8 Å². The number of rotatable bonds is 3. The van der Waals surface area contributed by atoms with Gasteiger partial charge in [-0.25, -0.2) is 4.79 Å². The van der Waals surface area contributed by atoms with E-state index in [1.807, 2.05) is 6.20 Å². The molecule has 4 heteroatoms. The molecule has 0 aliphatic heterocycles. The number of H-pyrrole nitrogens is 2. The van der Waals surface area contributed by atoms with Crippen LogP contribution >= 0.6 is 0 Å². The zero-order chi connectivity index (χ0) is 11.7. The van der Waals surface area contributed by atoms with Gasteiger partial charge < -0.3 is 9.97 Å². The van der Waals surface area contributed by atoms with Crippen molar-refractivity contribution < 1.29 is 0 Å². The number of hydrogen-bond acceptors (Lipinski definition) is 2. The van der Waals surface area contributed by atoms with E-state index in [1.165, 1.54) is 0 Å². The molecule has 4 nitrogen and oxygen atoms in total. The maximum Gasteiger partial charge on any atom is 0.323 e. The molecule has 2 aromatic rings. The molecule has 0 radical (unpaired) electrons. The molecule has 1 unspecified atom stereocenters. The fraction of sp³-hybridized carbons (Fsp3) is 0.500. The first-order valence-corrected chi connectivity index (χ1v) is 5.69. The second-order valence-electron chi connectivity index (χ2n) is 4.49. The van der Waals surface area contributed by atoms with Gasteiger partial charge in [-0.1, -0.05) is 20.8 Å². The SMILES string of the molecule is CCC(c1cncc2[nH]c(=O)[nH]c12)C(C)C. The third-order valence-electron chi connectivity index (χ3n) is 3.11. The minimum Gasteiger partial charge on any atom is -0.305 e. The summed E-state index contributed by atoms with van der Waals surface area (Å²) >= 11 is 0. The van der Waals surface area contributed by atoms with Gasteiger partial charge in [0.25, 0.3) is 0 Å². The van der Waals surface area contributed by atoms with Crippen molar-refractivity contribution >= 4 is 11.0 Å². The molecular formula is C12H17N3O. The molecule has 86 valence electrons. The predicted molar refractivity (Wildman–Crippen MR) is 64.6 cm³/mol. The molecule has 1 atom stereocenters. The van der Waals surface area contributed by atoms with Gasteiger partial charge >= 0.3 is 5.69 Å². The van der Waals surface area contributed by atoms with Gasteiger partial charge in [-0.2, -0.15) is 0 Å². The van der Waals surface area contributed by atoms with E-state index >= 15 is 0 Å². The number of imidazole rings is 1. The summed E-state index contributed by atoms with van der Waals surface area (Å²) in [6.45, 7) is 6.55. The second kappa shape index (κ2) is 4.12. The molecule has 0 fully saturated rings. The van der Waals surface area contributed by atoms with Crippen LogP contribution in [0.4, 0.5) is 0 Å². The monoisotopic (exact) mass is 219 g/mol. The van der Waals surface area contributed by atoms with E-state index < -0.39 is 0 Å². The number of hydrogen-bond donors (Lipinski definition) is 2. The fourth-order valence-electron chi connectivity index (χ4n) is 2.31. The lowest BCUT2D eigenvalue weighted by molar-refractivity contribution is 0.486. The minimum atomic E-state index is -0.164. The minimum absolute atomic E-state index is 0.164. The first-order valence-electron chi connectivity index (χ1n) is 5.69. The number of aromatic nitrogens is 3. The molecule has 0 aliphatic rings. The topological polar surface area (TPSA) is 61.5 Å². The summed E-state index contributed by atoms with van der Waals surface area (Å²) < 4.78 is 0. The molecule has 0 aliphatic carbocycles. The lowest BCUT2D eigenvalue weighted by Gasteiger charge is -2.19. The Morgan fingerprint density at radius 2 is 2.06 bits per heavy atom. The van der Waals surface area contributed by atoms with E-state index in [9.17, 15) is 4.79 Å². The molecular weight excluding hydrogens is 202 g/mol. The Kier molecular flexibility index (Phi) is 2.81. The van der Waals surface area contributed by atoms with Crippen molar-refractivity contribution in [3.05, 3.63) is 28.4 Å². The Hall–Kier alpha value is -1.58. The molecule has 2 heterocycles. The highest BCUT2D eigenvalue weighted by molar-refractivity contribution is 5.77. The summed E-state index contributed by atoms with van der Waals surface area (Å²) in [7, 11) is 0. The largest absolute Gasteiger partial charge is 0.323 e. The number of fused-ring (bicyclic) bond motifs is 1. The van der Waals surface area contributed by atoms with Gasteiger partial charge in [0.15, 0.2) is 0 Å². The van der Waals surface area contributed by atoms with Crippen LogP contribution < -0.4 is 5.69 Å². The van der Waals surface area contributed by atoms with E-state index in [0.717, 1.165) is 23.0 Å². The molecule has 0 aromatic carbocycles. The van der Waals surface area contributed by atoms with Gasteiger partial charge in [-0.3, -0.25) is 4.98 Å².